The monoisotopic (exact) mass is 293 g/mol. The molecule has 1 unspecified atom stereocenters. The Hall–Kier alpha value is -2.24. The van der Waals surface area contributed by atoms with Crippen LogP contribution in [0.15, 0.2) is 24.3 Å². The van der Waals surface area contributed by atoms with E-state index in [9.17, 15) is 9.59 Å². The van der Waals surface area contributed by atoms with Crippen LogP contribution in [0.1, 0.15) is 20.8 Å². The average Bonchev–Trinajstić information content (AvgIpc) is 2.42. The first-order valence-corrected chi connectivity index (χ1v) is 6.93. The zero-order chi connectivity index (χ0) is 16.0. The van der Waals surface area contributed by atoms with E-state index in [0.29, 0.717) is 23.8 Å². The van der Waals surface area contributed by atoms with Gasteiger partial charge in [-0.3, -0.25) is 9.59 Å². The highest BCUT2D eigenvalue weighted by molar-refractivity contribution is 5.88. The summed E-state index contributed by atoms with van der Waals surface area (Å²) in [4.78, 5) is 24.7. The standard InChI is InChI=1S/C15H23N3O3/c1-10(2)8-17-15(21)11(3)18(9-14(19)20)13-7-5-4-6-12(13)16/h4-7,10-11H,8-9,16H2,1-3H3,(H,17,21)(H,19,20). The molecular formula is C15H23N3O3. The van der Waals surface area contributed by atoms with E-state index in [4.69, 9.17) is 10.8 Å². The molecule has 116 valence electrons. The molecule has 21 heavy (non-hydrogen) atoms. The SMILES string of the molecule is CC(C)CNC(=O)C(C)N(CC(=O)O)c1ccccc1N. The molecule has 0 heterocycles. The van der Waals surface area contributed by atoms with Crippen LogP contribution >= 0.6 is 0 Å². The third-order valence-electron chi connectivity index (χ3n) is 3.08. The van der Waals surface area contributed by atoms with Crippen LogP contribution in [0.2, 0.25) is 0 Å². The number of para-hydroxylation sites is 2. The van der Waals surface area contributed by atoms with Crippen LogP contribution in [0.4, 0.5) is 11.4 Å². The van der Waals surface area contributed by atoms with Crippen molar-refractivity contribution in [3.05, 3.63) is 24.3 Å². The van der Waals surface area contributed by atoms with Crippen molar-refractivity contribution >= 4 is 23.3 Å². The minimum Gasteiger partial charge on any atom is -0.480 e. The van der Waals surface area contributed by atoms with E-state index in [1.807, 2.05) is 13.8 Å². The number of amides is 1. The lowest BCUT2D eigenvalue weighted by atomic mass is 10.1. The first kappa shape index (κ1) is 16.8. The highest BCUT2D eigenvalue weighted by atomic mass is 16.4. The Bertz CT molecular complexity index is 503. The predicted octanol–water partition coefficient (Wildman–Crippen LogP) is 1.32. The van der Waals surface area contributed by atoms with Gasteiger partial charge in [-0.2, -0.15) is 0 Å². The Morgan fingerprint density at radius 2 is 1.90 bits per heavy atom. The van der Waals surface area contributed by atoms with Gasteiger partial charge in [0.05, 0.1) is 11.4 Å². The quantitative estimate of drug-likeness (QED) is 0.659. The molecule has 1 aromatic rings. The second-order valence-corrected chi connectivity index (χ2v) is 5.40. The van der Waals surface area contributed by atoms with E-state index in [1.165, 1.54) is 4.90 Å². The van der Waals surface area contributed by atoms with E-state index in [-0.39, 0.29) is 12.5 Å². The highest BCUT2D eigenvalue weighted by Crippen LogP contribution is 2.24. The lowest BCUT2D eigenvalue weighted by Crippen LogP contribution is -2.48. The molecule has 6 heteroatoms. The third-order valence-corrected chi connectivity index (χ3v) is 3.08. The molecular weight excluding hydrogens is 270 g/mol. The fourth-order valence-corrected chi connectivity index (χ4v) is 1.92. The van der Waals surface area contributed by atoms with Crippen LogP contribution < -0.4 is 16.0 Å². The Morgan fingerprint density at radius 3 is 2.43 bits per heavy atom. The summed E-state index contributed by atoms with van der Waals surface area (Å²) in [7, 11) is 0. The number of carbonyl (C=O) groups excluding carboxylic acids is 1. The van der Waals surface area contributed by atoms with Crippen molar-refractivity contribution in [3.63, 3.8) is 0 Å². The number of hydrogen-bond acceptors (Lipinski definition) is 4. The third kappa shape index (κ3) is 4.98. The zero-order valence-electron chi connectivity index (χ0n) is 12.7. The number of carboxylic acids is 1. The molecule has 1 rings (SSSR count). The summed E-state index contributed by atoms with van der Waals surface area (Å²) in [5.74, 6) is -0.897. The lowest BCUT2D eigenvalue weighted by molar-refractivity contribution is -0.135. The van der Waals surface area contributed by atoms with Gasteiger partial charge in [-0.1, -0.05) is 26.0 Å². The Labute approximate surface area is 124 Å². The van der Waals surface area contributed by atoms with E-state index in [2.05, 4.69) is 5.32 Å². The minimum atomic E-state index is -1.01. The molecule has 0 aliphatic rings. The lowest BCUT2D eigenvalue weighted by Gasteiger charge is -2.30. The van der Waals surface area contributed by atoms with E-state index in [1.54, 1.807) is 31.2 Å². The molecule has 0 spiro atoms. The van der Waals surface area contributed by atoms with Gasteiger partial charge in [0, 0.05) is 6.54 Å². The number of nitrogens with one attached hydrogen (secondary N) is 1. The molecule has 6 nitrogen and oxygen atoms in total. The smallest absolute Gasteiger partial charge is 0.323 e. The highest BCUT2D eigenvalue weighted by Gasteiger charge is 2.24. The maximum atomic E-state index is 12.2. The topological polar surface area (TPSA) is 95.7 Å². The van der Waals surface area contributed by atoms with E-state index < -0.39 is 12.0 Å². The molecule has 0 saturated heterocycles. The van der Waals surface area contributed by atoms with Crippen molar-refractivity contribution in [3.8, 4) is 0 Å². The molecule has 1 aromatic carbocycles. The van der Waals surface area contributed by atoms with Crippen LogP contribution in [0.25, 0.3) is 0 Å². The van der Waals surface area contributed by atoms with Gasteiger partial charge in [-0.05, 0) is 25.0 Å². The van der Waals surface area contributed by atoms with Crippen LogP contribution in [0.3, 0.4) is 0 Å². The van der Waals surface area contributed by atoms with E-state index in [0.717, 1.165) is 0 Å². The molecule has 1 amide bonds. The van der Waals surface area contributed by atoms with Gasteiger partial charge in [0.1, 0.15) is 12.6 Å². The summed E-state index contributed by atoms with van der Waals surface area (Å²) in [5.41, 5.74) is 6.89. The number of rotatable bonds is 7. The molecule has 0 radical (unpaired) electrons. The van der Waals surface area contributed by atoms with Crippen LogP contribution in [0, 0.1) is 5.92 Å². The van der Waals surface area contributed by atoms with Gasteiger partial charge in [0.15, 0.2) is 0 Å². The first-order valence-electron chi connectivity index (χ1n) is 6.93. The Morgan fingerprint density at radius 1 is 1.29 bits per heavy atom. The fourth-order valence-electron chi connectivity index (χ4n) is 1.92. The van der Waals surface area contributed by atoms with Crippen molar-refractivity contribution < 1.29 is 14.7 Å². The molecule has 0 fully saturated rings. The number of aliphatic carboxylic acids is 1. The number of nitrogen functional groups attached to an aromatic ring is 1. The number of nitrogens with two attached hydrogens (primary N) is 1. The molecule has 0 aromatic heterocycles. The average molecular weight is 293 g/mol. The minimum absolute atomic E-state index is 0.215. The summed E-state index contributed by atoms with van der Waals surface area (Å²) in [5, 5.41) is 11.9. The predicted molar refractivity (Wildman–Crippen MR) is 83.1 cm³/mol. The van der Waals surface area contributed by atoms with Gasteiger partial charge < -0.3 is 21.1 Å². The van der Waals surface area contributed by atoms with Crippen molar-refractivity contribution in [1.82, 2.24) is 5.32 Å². The van der Waals surface area contributed by atoms with Gasteiger partial charge >= 0.3 is 5.97 Å². The molecule has 0 aliphatic heterocycles. The summed E-state index contributed by atoms with van der Waals surface area (Å²) < 4.78 is 0. The first-order chi connectivity index (χ1) is 9.82. The molecule has 0 aliphatic carbocycles. The number of hydrogen-bond donors (Lipinski definition) is 3. The fraction of sp³-hybridized carbons (Fsp3) is 0.467. The summed E-state index contributed by atoms with van der Waals surface area (Å²) in [6.07, 6.45) is 0. The number of benzene rings is 1. The second kappa shape index (κ2) is 7.52. The summed E-state index contributed by atoms with van der Waals surface area (Å²) in [6, 6.07) is 6.30. The van der Waals surface area contributed by atoms with Crippen LogP contribution in [-0.4, -0.2) is 36.1 Å². The maximum Gasteiger partial charge on any atom is 0.323 e. The van der Waals surface area contributed by atoms with Gasteiger partial charge in [-0.15, -0.1) is 0 Å². The number of nitrogens with zero attached hydrogens (tertiary/aromatic N) is 1. The van der Waals surface area contributed by atoms with Gasteiger partial charge in [0.2, 0.25) is 5.91 Å². The summed E-state index contributed by atoms with van der Waals surface area (Å²) in [6.45, 7) is 5.92. The summed E-state index contributed by atoms with van der Waals surface area (Å²) >= 11 is 0. The van der Waals surface area contributed by atoms with Gasteiger partial charge in [0.25, 0.3) is 0 Å². The largest absolute Gasteiger partial charge is 0.480 e. The second-order valence-electron chi connectivity index (χ2n) is 5.40. The van der Waals surface area contributed by atoms with Crippen LogP contribution in [-0.2, 0) is 9.59 Å². The molecule has 4 N–H and O–H groups in total. The number of anilines is 2. The van der Waals surface area contributed by atoms with Crippen molar-refractivity contribution in [1.29, 1.82) is 0 Å². The van der Waals surface area contributed by atoms with Crippen molar-refractivity contribution in [2.45, 2.75) is 26.8 Å². The zero-order valence-corrected chi connectivity index (χ0v) is 12.7. The Balaban J connectivity index is 2.94. The molecule has 0 bridgehead atoms. The van der Waals surface area contributed by atoms with Crippen molar-refractivity contribution in [2.24, 2.45) is 5.92 Å². The normalized spacial score (nSPS) is 12.0. The van der Waals surface area contributed by atoms with Gasteiger partial charge in [-0.25, -0.2) is 0 Å². The number of carbonyl (C=O) groups is 2. The molecule has 0 saturated carbocycles. The number of carboxylic acid groups (broad SMARTS) is 1. The van der Waals surface area contributed by atoms with E-state index >= 15 is 0 Å². The van der Waals surface area contributed by atoms with Crippen LogP contribution in [0.5, 0.6) is 0 Å². The van der Waals surface area contributed by atoms with Crippen molar-refractivity contribution in [2.75, 3.05) is 23.7 Å². The Kier molecular flexibility index (Phi) is 6.02. The molecule has 1 atom stereocenters. The maximum absolute atomic E-state index is 12.2.